The molecule has 2 aromatic carbocycles. The van der Waals surface area contributed by atoms with E-state index in [2.05, 4.69) is 5.16 Å². The van der Waals surface area contributed by atoms with Crippen LogP contribution in [-0.2, 0) is 13.0 Å². The molecule has 0 unspecified atom stereocenters. The number of hydrogen-bond donors (Lipinski definition) is 0. The van der Waals surface area contributed by atoms with Crippen molar-refractivity contribution in [1.29, 1.82) is 0 Å². The number of benzene rings is 2. The molecule has 26 heavy (non-hydrogen) atoms. The maximum Gasteiger partial charge on any atom is 0.254 e. The zero-order chi connectivity index (χ0) is 18.3. The normalized spacial score (nSPS) is 13.6. The maximum atomic E-state index is 13.2. The SMILES string of the molecule is Cc1ccc(C(=O)N2CCc3noc(-c4ccc(F)cc4)c3C2)cc1C. The standard InChI is InChI=1S/C21H19FN2O2/c1-13-3-4-16(11-14(13)2)21(25)24-10-9-19-18(12-24)20(26-23-19)15-5-7-17(22)8-6-15/h3-8,11H,9-10,12H2,1-2H3. The van der Waals surface area contributed by atoms with Crippen molar-refractivity contribution in [1.82, 2.24) is 10.1 Å². The molecular weight excluding hydrogens is 331 g/mol. The summed E-state index contributed by atoms with van der Waals surface area (Å²) in [5.74, 6) is 0.316. The summed E-state index contributed by atoms with van der Waals surface area (Å²) in [6.07, 6.45) is 0.649. The highest BCUT2D eigenvalue weighted by Gasteiger charge is 2.28. The Kier molecular flexibility index (Phi) is 4.07. The van der Waals surface area contributed by atoms with Crippen molar-refractivity contribution in [3.63, 3.8) is 0 Å². The van der Waals surface area contributed by atoms with E-state index in [-0.39, 0.29) is 11.7 Å². The van der Waals surface area contributed by atoms with E-state index in [1.807, 2.05) is 36.9 Å². The Morgan fingerprint density at radius 3 is 2.62 bits per heavy atom. The molecule has 3 aromatic rings. The van der Waals surface area contributed by atoms with Crippen LogP contribution in [0.15, 0.2) is 47.0 Å². The quantitative estimate of drug-likeness (QED) is 0.692. The van der Waals surface area contributed by atoms with Crippen molar-refractivity contribution in [2.75, 3.05) is 6.54 Å². The van der Waals surface area contributed by atoms with Gasteiger partial charge in [0.15, 0.2) is 5.76 Å². The van der Waals surface area contributed by atoms with E-state index in [4.69, 9.17) is 4.52 Å². The van der Waals surface area contributed by atoms with E-state index < -0.39 is 0 Å². The van der Waals surface area contributed by atoms with E-state index in [1.54, 1.807) is 12.1 Å². The smallest absolute Gasteiger partial charge is 0.254 e. The number of aromatic nitrogens is 1. The van der Waals surface area contributed by atoms with Crippen LogP contribution >= 0.6 is 0 Å². The molecule has 0 radical (unpaired) electrons. The molecular formula is C21H19FN2O2. The van der Waals surface area contributed by atoms with Crippen molar-refractivity contribution in [3.05, 3.63) is 76.2 Å². The molecule has 1 amide bonds. The monoisotopic (exact) mass is 350 g/mol. The van der Waals surface area contributed by atoms with Crippen LogP contribution in [0.1, 0.15) is 32.7 Å². The highest BCUT2D eigenvalue weighted by atomic mass is 19.1. The van der Waals surface area contributed by atoms with Crippen LogP contribution in [0.2, 0.25) is 0 Å². The number of aryl methyl sites for hydroxylation is 2. The number of halogens is 1. The Labute approximate surface area is 151 Å². The highest BCUT2D eigenvalue weighted by molar-refractivity contribution is 5.94. The van der Waals surface area contributed by atoms with Gasteiger partial charge in [-0.25, -0.2) is 4.39 Å². The molecule has 0 fully saturated rings. The minimum atomic E-state index is -0.298. The minimum absolute atomic E-state index is 0.00464. The Balaban J connectivity index is 1.63. The van der Waals surface area contributed by atoms with E-state index in [0.717, 1.165) is 22.4 Å². The summed E-state index contributed by atoms with van der Waals surface area (Å²) in [7, 11) is 0. The lowest BCUT2D eigenvalue weighted by molar-refractivity contribution is 0.0734. The van der Waals surface area contributed by atoms with Crippen LogP contribution in [0.3, 0.4) is 0 Å². The summed E-state index contributed by atoms with van der Waals surface area (Å²) in [4.78, 5) is 14.7. The summed E-state index contributed by atoms with van der Waals surface area (Å²) in [6.45, 7) is 5.08. The second kappa shape index (κ2) is 6.41. The predicted molar refractivity (Wildman–Crippen MR) is 96.3 cm³/mol. The number of amides is 1. The first-order chi connectivity index (χ1) is 12.5. The summed E-state index contributed by atoms with van der Waals surface area (Å²) in [5.41, 5.74) is 5.50. The largest absolute Gasteiger partial charge is 0.356 e. The topological polar surface area (TPSA) is 46.3 Å². The summed E-state index contributed by atoms with van der Waals surface area (Å²) in [5, 5.41) is 4.14. The lowest BCUT2D eigenvalue weighted by Crippen LogP contribution is -2.36. The van der Waals surface area contributed by atoms with Crippen LogP contribution in [0.4, 0.5) is 4.39 Å². The Hall–Kier alpha value is -2.95. The summed E-state index contributed by atoms with van der Waals surface area (Å²) >= 11 is 0. The Morgan fingerprint density at radius 2 is 1.88 bits per heavy atom. The van der Waals surface area contributed by atoms with Gasteiger partial charge in [0, 0.05) is 29.7 Å². The third kappa shape index (κ3) is 2.90. The van der Waals surface area contributed by atoms with Crippen molar-refractivity contribution < 1.29 is 13.7 Å². The Morgan fingerprint density at radius 1 is 1.12 bits per heavy atom. The highest BCUT2D eigenvalue weighted by Crippen LogP contribution is 2.31. The molecule has 2 heterocycles. The molecule has 0 bridgehead atoms. The number of nitrogens with zero attached hydrogens (tertiary/aromatic N) is 2. The van der Waals surface area contributed by atoms with Gasteiger partial charge in [-0.05, 0) is 61.4 Å². The number of carbonyl (C=O) groups excluding carboxylic acids is 1. The zero-order valence-electron chi connectivity index (χ0n) is 14.8. The molecule has 4 rings (SSSR count). The molecule has 0 spiro atoms. The number of fused-ring (bicyclic) bond motifs is 1. The van der Waals surface area contributed by atoms with Crippen LogP contribution < -0.4 is 0 Å². The predicted octanol–water partition coefficient (Wildman–Crippen LogP) is 4.30. The summed E-state index contributed by atoms with van der Waals surface area (Å²) < 4.78 is 18.7. The van der Waals surface area contributed by atoms with Crippen LogP contribution in [0.5, 0.6) is 0 Å². The van der Waals surface area contributed by atoms with Crippen molar-refractivity contribution in [2.24, 2.45) is 0 Å². The summed E-state index contributed by atoms with van der Waals surface area (Å²) in [6, 6.07) is 11.9. The van der Waals surface area contributed by atoms with E-state index in [1.165, 1.54) is 17.7 Å². The molecule has 1 aromatic heterocycles. The minimum Gasteiger partial charge on any atom is -0.356 e. The molecule has 0 saturated carbocycles. The molecule has 4 nitrogen and oxygen atoms in total. The van der Waals surface area contributed by atoms with E-state index in [9.17, 15) is 9.18 Å². The molecule has 0 N–H and O–H groups in total. The fourth-order valence-corrected chi connectivity index (χ4v) is 3.27. The average molecular weight is 350 g/mol. The molecule has 0 atom stereocenters. The first kappa shape index (κ1) is 16.5. The number of hydrogen-bond acceptors (Lipinski definition) is 3. The van der Waals surface area contributed by atoms with Gasteiger partial charge in [0.2, 0.25) is 0 Å². The van der Waals surface area contributed by atoms with Gasteiger partial charge >= 0.3 is 0 Å². The third-order valence-corrected chi connectivity index (χ3v) is 4.98. The van der Waals surface area contributed by atoms with Gasteiger partial charge in [0.05, 0.1) is 12.2 Å². The van der Waals surface area contributed by atoms with Crippen molar-refractivity contribution in [3.8, 4) is 11.3 Å². The third-order valence-electron chi connectivity index (χ3n) is 4.98. The lowest BCUT2D eigenvalue weighted by Gasteiger charge is -2.26. The average Bonchev–Trinajstić information content (AvgIpc) is 3.07. The van der Waals surface area contributed by atoms with E-state index >= 15 is 0 Å². The molecule has 0 aliphatic carbocycles. The van der Waals surface area contributed by atoms with Crippen LogP contribution in [0.25, 0.3) is 11.3 Å². The van der Waals surface area contributed by atoms with Crippen LogP contribution in [-0.4, -0.2) is 22.5 Å². The maximum absolute atomic E-state index is 13.2. The molecule has 1 aliphatic heterocycles. The van der Waals surface area contributed by atoms with Crippen LogP contribution in [0, 0.1) is 19.7 Å². The second-order valence-corrected chi connectivity index (χ2v) is 6.72. The second-order valence-electron chi connectivity index (χ2n) is 6.72. The first-order valence-electron chi connectivity index (χ1n) is 8.63. The first-order valence-corrected chi connectivity index (χ1v) is 8.63. The fourth-order valence-electron chi connectivity index (χ4n) is 3.27. The van der Waals surface area contributed by atoms with Gasteiger partial charge in [-0.3, -0.25) is 4.79 Å². The van der Waals surface area contributed by atoms with Gasteiger partial charge in [0.25, 0.3) is 5.91 Å². The molecule has 5 heteroatoms. The molecule has 1 aliphatic rings. The molecule has 0 saturated heterocycles. The van der Waals surface area contributed by atoms with Gasteiger partial charge in [-0.15, -0.1) is 0 Å². The van der Waals surface area contributed by atoms with Gasteiger partial charge in [-0.2, -0.15) is 0 Å². The van der Waals surface area contributed by atoms with Crippen molar-refractivity contribution in [2.45, 2.75) is 26.8 Å². The number of rotatable bonds is 2. The molecule has 132 valence electrons. The van der Waals surface area contributed by atoms with Gasteiger partial charge in [0.1, 0.15) is 5.82 Å². The van der Waals surface area contributed by atoms with E-state index in [0.29, 0.717) is 30.8 Å². The lowest BCUT2D eigenvalue weighted by atomic mass is 10.00. The fraction of sp³-hybridized carbons (Fsp3) is 0.238. The van der Waals surface area contributed by atoms with Crippen molar-refractivity contribution >= 4 is 5.91 Å². The Bertz CT molecular complexity index is 976. The zero-order valence-corrected chi connectivity index (χ0v) is 14.8. The number of carbonyl (C=O) groups is 1. The van der Waals surface area contributed by atoms with Gasteiger partial charge < -0.3 is 9.42 Å². The van der Waals surface area contributed by atoms with Gasteiger partial charge in [-0.1, -0.05) is 11.2 Å².